The zero-order chi connectivity index (χ0) is 16.3. The lowest BCUT2D eigenvalue weighted by Crippen LogP contribution is -2.41. The molecule has 0 aliphatic rings. The molecule has 0 aliphatic heterocycles. The molecule has 1 amide bonds. The van der Waals surface area contributed by atoms with Gasteiger partial charge in [0.1, 0.15) is 5.82 Å². The van der Waals surface area contributed by atoms with Crippen molar-refractivity contribution in [2.75, 3.05) is 22.8 Å². The highest BCUT2D eigenvalue weighted by Crippen LogP contribution is 2.20. The molecule has 3 N–H and O–H groups in total. The van der Waals surface area contributed by atoms with Crippen LogP contribution in [0.15, 0.2) is 18.2 Å². The summed E-state index contributed by atoms with van der Waals surface area (Å²) in [7, 11) is -3.59. The fraction of sp³-hybridized carbons (Fsp3) is 0.462. The molecule has 118 valence electrons. The van der Waals surface area contributed by atoms with Gasteiger partial charge in [-0.3, -0.25) is 9.52 Å². The van der Waals surface area contributed by atoms with E-state index in [4.69, 9.17) is 0 Å². The van der Waals surface area contributed by atoms with E-state index in [0.29, 0.717) is 5.69 Å². The molecule has 0 fully saturated rings. The predicted molar refractivity (Wildman–Crippen MR) is 81.3 cm³/mol. The predicted octanol–water partition coefficient (Wildman–Crippen LogP) is 1.52. The standard InChI is InChI=1S/C13H20FN3O3S/c1-13(2,3)15-8-12(18)16-9-5-6-10(14)11(7-9)17-21(4,19)20/h5-7,15,17H,8H2,1-4H3,(H,16,18). The van der Waals surface area contributed by atoms with Gasteiger partial charge in [0.25, 0.3) is 0 Å². The van der Waals surface area contributed by atoms with Gasteiger partial charge in [-0.2, -0.15) is 0 Å². The molecule has 0 aliphatic carbocycles. The van der Waals surface area contributed by atoms with E-state index in [2.05, 4.69) is 10.6 Å². The largest absolute Gasteiger partial charge is 0.325 e. The van der Waals surface area contributed by atoms with Gasteiger partial charge >= 0.3 is 0 Å². The van der Waals surface area contributed by atoms with Crippen LogP contribution in [-0.2, 0) is 14.8 Å². The number of benzene rings is 1. The Bertz CT molecular complexity index is 624. The van der Waals surface area contributed by atoms with Gasteiger partial charge in [0.2, 0.25) is 15.9 Å². The van der Waals surface area contributed by atoms with Crippen LogP contribution in [0, 0.1) is 5.82 Å². The third-order valence-corrected chi connectivity index (χ3v) is 2.92. The monoisotopic (exact) mass is 317 g/mol. The van der Waals surface area contributed by atoms with Crippen LogP contribution in [0.25, 0.3) is 0 Å². The Morgan fingerprint density at radius 3 is 2.43 bits per heavy atom. The van der Waals surface area contributed by atoms with Crippen molar-refractivity contribution >= 4 is 27.3 Å². The second kappa shape index (κ2) is 6.40. The smallest absolute Gasteiger partial charge is 0.238 e. The van der Waals surface area contributed by atoms with Crippen molar-refractivity contribution in [3.8, 4) is 0 Å². The normalized spacial score (nSPS) is 12.0. The van der Waals surface area contributed by atoms with Crippen LogP contribution in [0.2, 0.25) is 0 Å². The third kappa shape index (κ3) is 7.05. The maximum Gasteiger partial charge on any atom is 0.238 e. The molecule has 1 aromatic carbocycles. The molecule has 0 unspecified atom stereocenters. The molecule has 0 saturated carbocycles. The quantitative estimate of drug-likeness (QED) is 0.768. The van der Waals surface area contributed by atoms with Crippen LogP contribution in [0.1, 0.15) is 20.8 Å². The van der Waals surface area contributed by atoms with Crippen LogP contribution in [0.4, 0.5) is 15.8 Å². The molecule has 6 nitrogen and oxygen atoms in total. The molecule has 21 heavy (non-hydrogen) atoms. The van der Waals surface area contributed by atoms with E-state index >= 15 is 0 Å². The van der Waals surface area contributed by atoms with E-state index in [-0.39, 0.29) is 23.7 Å². The molecule has 0 atom stereocenters. The molecule has 0 saturated heterocycles. The second-order valence-corrected chi connectivity index (χ2v) is 7.47. The molecule has 0 aromatic heterocycles. The number of carbonyl (C=O) groups excluding carboxylic acids is 1. The number of anilines is 2. The summed E-state index contributed by atoms with van der Waals surface area (Å²) in [5.74, 6) is -1.02. The highest BCUT2D eigenvalue weighted by molar-refractivity contribution is 7.92. The van der Waals surface area contributed by atoms with Crippen LogP contribution < -0.4 is 15.4 Å². The van der Waals surface area contributed by atoms with Crippen molar-refractivity contribution in [2.24, 2.45) is 0 Å². The van der Waals surface area contributed by atoms with Gasteiger partial charge < -0.3 is 10.6 Å². The zero-order valence-electron chi connectivity index (χ0n) is 12.5. The van der Waals surface area contributed by atoms with Gasteiger partial charge in [0.15, 0.2) is 0 Å². The topological polar surface area (TPSA) is 87.3 Å². The van der Waals surface area contributed by atoms with Crippen molar-refractivity contribution < 1.29 is 17.6 Å². The summed E-state index contributed by atoms with van der Waals surface area (Å²) in [6.45, 7) is 5.86. The fourth-order valence-corrected chi connectivity index (χ4v) is 1.99. The number of rotatable bonds is 5. The minimum absolute atomic E-state index is 0.0930. The van der Waals surface area contributed by atoms with Crippen LogP contribution in [0.5, 0.6) is 0 Å². The maximum absolute atomic E-state index is 13.5. The minimum Gasteiger partial charge on any atom is -0.325 e. The fourth-order valence-electron chi connectivity index (χ4n) is 1.43. The summed E-state index contributed by atoms with van der Waals surface area (Å²) in [6, 6.07) is 3.67. The number of carbonyl (C=O) groups is 1. The lowest BCUT2D eigenvalue weighted by atomic mass is 10.1. The first-order valence-electron chi connectivity index (χ1n) is 6.28. The molecule has 0 radical (unpaired) electrons. The van der Waals surface area contributed by atoms with E-state index in [1.54, 1.807) is 0 Å². The van der Waals surface area contributed by atoms with Gasteiger partial charge in [-0.1, -0.05) is 0 Å². The first-order valence-corrected chi connectivity index (χ1v) is 8.18. The van der Waals surface area contributed by atoms with Gasteiger partial charge in [0, 0.05) is 11.2 Å². The van der Waals surface area contributed by atoms with Crippen LogP contribution in [-0.4, -0.2) is 32.7 Å². The number of hydrogen-bond acceptors (Lipinski definition) is 4. The molecule has 8 heteroatoms. The third-order valence-electron chi connectivity index (χ3n) is 2.32. The summed E-state index contributed by atoms with van der Waals surface area (Å²) in [4.78, 5) is 11.7. The molecule has 1 rings (SSSR count). The second-order valence-electron chi connectivity index (χ2n) is 5.72. The van der Waals surface area contributed by atoms with Crippen molar-refractivity contribution in [3.63, 3.8) is 0 Å². The molecule has 0 bridgehead atoms. The minimum atomic E-state index is -3.59. The van der Waals surface area contributed by atoms with Crippen molar-refractivity contribution in [3.05, 3.63) is 24.0 Å². The van der Waals surface area contributed by atoms with E-state index in [1.165, 1.54) is 12.1 Å². The summed E-state index contributed by atoms with van der Waals surface area (Å²) in [5.41, 5.74) is -0.106. The average Bonchev–Trinajstić information content (AvgIpc) is 2.28. The van der Waals surface area contributed by atoms with Crippen molar-refractivity contribution in [1.29, 1.82) is 0 Å². The van der Waals surface area contributed by atoms with E-state index in [9.17, 15) is 17.6 Å². The van der Waals surface area contributed by atoms with Crippen molar-refractivity contribution in [2.45, 2.75) is 26.3 Å². The Hall–Kier alpha value is -1.67. The first kappa shape index (κ1) is 17.4. The highest BCUT2D eigenvalue weighted by atomic mass is 32.2. The van der Waals surface area contributed by atoms with E-state index in [1.807, 2.05) is 25.5 Å². The highest BCUT2D eigenvalue weighted by Gasteiger charge is 2.13. The Labute approximate surface area is 124 Å². The number of nitrogens with one attached hydrogen (secondary N) is 3. The van der Waals surface area contributed by atoms with E-state index < -0.39 is 15.8 Å². The Morgan fingerprint density at radius 1 is 1.29 bits per heavy atom. The van der Waals surface area contributed by atoms with Gasteiger partial charge in [-0.15, -0.1) is 0 Å². The average molecular weight is 317 g/mol. The summed E-state index contributed by atoms with van der Waals surface area (Å²) in [6.07, 6.45) is 0.922. The van der Waals surface area contributed by atoms with Gasteiger partial charge in [0.05, 0.1) is 18.5 Å². The maximum atomic E-state index is 13.5. The zero-order valence-corrected chi connectivity index (χ0v) is 13.3. The Balaban J connectivity index is 2.76. The lowest BCUT2D eigenvalue weighted by molar-refractivity contribution is -0.115. The summed E-state index contributed by atoms with van der Waals surface area (Å²) in [5, 5.41) is 5.57. The number of halogens is 1. The molecular formula is C13H20FN3O3S. The van der Waals surface area contributed by atoms with Gasteiger partial charge in [-0.05, 0) is 39.0 Å². The van der Waals surface area contributed by atoms with E-state index in [0.717, 1.165) is 12.3 Å². The molecule has 1 aromatic rings. The number of hydrogen-bond donors (Lipinski definition) is 3. The van der Waals surface area contributed by atoms with Crippen LogP contribution >= 0.6 is 0 Å². The van der Waals surface area contributed by atoms with Crippen LogP contribution in [0.3, 0.4) is 0 Å². The summed E-state index contributed by atoms with van der Waals surface area (Å²) >= 11 is 0. The number of amides is 1. The lowest BCUT2D eigenvalue weighted by Gasteiger charge is -2.20. The molecule has 0 heterocycles. The van der Waals surface area contributed by atoms with Crippen molar-refractivity contribution in [1.82, 2.24) is 5.32 Å². The molecular weight excluding hydrogens is 297 g/mol. The molecule has 0 spiro atoms. The Morgan fingerprint density at radius 2 is 1.90 bits per heavy atom. The first-order chi connectivity index (χ1) is 9.46. The Kier molecular flexibility index (Phi) is 5.30. The summed E-state index contributed by atoms with van der Waals surface area (Å²) < 4.78 is 37.8. The number of sulfonamides is 1. The SMILES string of the molecule is CC(C)(C)NCC(=O)Nc1ccc(F)c(NS(C)(=O)=O)c1. The van der Waals surface area contributed by atoms with Gasteiger partial charge in [-0.25, -0.2) is 12.8 Å².